The summed E-state index contributed by atoms with van der Waals surface area (Å²) >= 11 is 0. The Bertz CT molecular complexity index is 1270. The summed E-state index contributed by atoms with van der Waals surface area (Å²) in [7, 11) is 0. The van der Waals surface area contributed by atoms with Crippen molar-refractivity contribution in [3.05, 3.63) is 59.4 Å². The number of anilines is 1. The van der Waals surface area contributed by atoms with Crippen LogP contribution in [0.1, 0.15) is 72.7 Å². The summed E-state index contributed by atoms with van der Waals surface area (Å²) < 4.78 is 1.94. The van der Waals surface area contributed by atoms with Crippen LogP contribution >= 0.6 is 0 Å². The van der Waals surface area contributed by atoms with E-state index in [1.807, 2.05) is 46.1 Å². The standard InChI is InChI=1S/C26H28N4O3/c1-26(10-3-11-26)25(33)29-12-8-17(9-13-29)30-15-16(14-27-30)23(31)19-6-7-21-22-18(19)4-2-5-20(22)24(32)28-21/h2,4-7,14-15,17,23,31H,3,8-13H2,1H3,(H,28,32). The Morgan fingerprint density at radius 3 is 2.73 bits per heavy atom. The first-order valence-corrected chi connectivity index (χ1v) is 11.8. The van der Waals surface area contributed by atoms with E-state index in [-0.39, 0.29) is 17.4 Å². The molecule has 0 bridgehead atoms. The molecule has 2 aliphatic heterocycles. The molecule has 0 radical (unpaired) electrons. The molecule has 1 aliphatic carbocycles. The van der Waals surface area contributed by atoms with Crippen LogP contribution in [0.2, 0.25) is 0 Å². The molecule has 3 aromatic rings. The van der Waals surface area contributed by atoms with Gasteiger partial charge in [-0.15, -0.1) is 0 Å². The highest BCUT2D eigenvalue weighted by Gasteiger charge is 2.42. The van der Waals surface area contributed by atoms with E-state index < -0.39 is 6.10 Å². The fraction of sp³-hybridized carbons (Fsp3) is 0.423. The highest BCUT2D eigenvalue weighted by molar-refractivity contribution is 6.24. The summed E-state index contributed by atoms with van der Waals surface area (Å²) in [5.74, 6) is 0.204. The molecule has 33 heavy (non-hydrogen) atoms. The normalized spacial score (nSPS) is 20.5. The Balaban J connectivity index is 1.20. The molecule has 7 nitrogen and oxygen atoms in total. The van der Waals surface area contributed by atoms with Gasteiger partial charge in [-0.2, -0.15) is 5.10 Å². The third-order valence-electron chi connectivity index (χ3n) is 7.90. The first-order chi connectivity index (χ1) is 15.9. The number of aliphatic hydroxyl groups excluding tert-OH is 1. The van der Waals surface area contributed by atoms with Gasteiger partial charge in [0.15, 0.2) is 0 Å². The molecule has 1 atom stereocenters. The number of rotatable bonds is 4. The zero-order valence-corrected chi connectivity index (χ0v) is 18.8. The van der Waals surface area contributed by atoms with Crippen LogP contribution in [0.4, 0.5) is 5.69 Å². The number of hydrogen-bond donors (Lipinski definition) is 2. The van der Waals surface area contributed by atoms with Crippen molar-refractivity contribution in [3.8, 4) is 0 Å². The monoisotopic (exact) mass is 444 g/mol. The fourth-order valence-electron chi connectivity index (χ4n) is 5.66. The van der Waals surface area contributed by atoms with Gasteiger partial charge < -0.3 is 15.3 Å². The number of likely N-dealkylation sites (tertiary alicyclic amines) is 1. The van der Waals surface area contributed by atoms with E-state index in [1.165, 1.54) is 0 Å². The van der Waals surface area contributed by atoms with Crippen molar-refractivity contribution < 1.29 is 14.7 Å². The van der Waals surface area contributed by atoms with E-state index in [4.69, 9.17) is 0 Å². The molecule has 1 unspecified atom stereocenters. The molecule has 2 amide bonds. The van der Waals surface area contributed by atoms with Crippen molar-refractivity contribution in [1.29, 1.82) is 0 Å². The highest BCUT2D eigenvalue weighted by atomic mass is 16.3. The number of aromatic nitrogens is 2. The SMILES string of the molecule is CC1(C(=O)N2CCC(n3cc(C(O)c4ccc5c6c(cccc46)C(=O)N5)cn3)CC2)CCC1. The number of nitrogens with one attached hydrogen (secondary N) is 1. The van der Waals surface area contributed by atoms with Gasteiger partial charge in [-0.25, -0.2) is 0 Å². The molecule has 7 heteroatoms. The van der Waals surface area contributed by atoms with E-state index in [1.54, 1.807) is 6.20 Å². The van der Waals surface area contributed by atoms with Crippen LogP contribution in [-0.4, -0.2) is 44.7 Å². The second-order valence-corrected chi connectivity index (χ2v) is 9.98. The third-order valence-corrected chi connectivity index (χ3v) is 7.90. The summed E-state index contributed by atoms with van der Waals surface area (Å²) in [6.07, 6.45) is 7.72. The topological polar surface area (TPSA) is 87.5 Å². The van der Waals surface area contributed by atoms with Crippen molar-refractivity contribution in [3.63, 3.8) is 0 Å². The molecule has 3 heterocycles. The Hall–Kier alpha value is -3.19. The van der Waals surface area contributed by atoms with Gasteiger partial charge in [-0.05, 0) is 48.8 Å². The van der Waals surface area contributed by atoms with Gasteiger partial charge in [0, 0.05) is 46.9 Å². The largest absolute Gasteiger partial charge is 0.384 e. The Labute approximate surface area is 192 Å². The van der Waals surface area contributed by atoms with Crippen LogP contribution in [-0.2, 0) is 4.79 Å². The number of benzene rings is 2. The average molecular weight is 445 g/mol. The minimum Gasteiger partial charge on any atom is -0.384 e. The number of carbonyl (C=O) groups is 2. The minimum atomic E-state index is -0.834. The Morgan fingerprint density at radius 2 is 2.00 bits per heavy atom. The number of piperidine rings is 1. The summed E-state index contributed by atoms with van der Waals surface area (Å²) in [6.45, 7) is 3.61. The van der Waals surface area contributed by atoms with E-state index in [2.05, 4.69) is 17.3 Å². The van der Waals surface area contributed by atoms with Crippen LogP contribution in [0.15, 0.2) is 42.7 Å². The molecular weight excluding hydrogens is 416 g/mol. The molecule has 1 aromatic heterocycles. The van der Waals surface area contributed by atoms with Crippen molar-refractivity contribution in [1.82, 2.24) is 14.7 Å². The predicted molar refractivity (Wildman–Crippen MR) is 125 cm³/mol. The molecule has 2 aromatic carbocycles. The molecule has 1 saturated carbocycles. The first kappa shape index (κ1) is 20.4. The van der Waals surface area contributed by atoms with Gasteiger partial charge in [0.05, 0.1) is 12.2 Å². The molecular formula is C26H28N4O3. The van der Waals surface area contributed by atoms with Crippen molar-refractivity contribution in [2.24, 2.45) is 5.41 Å². The zero-order valence-electron chi connectivity index (χ0n) is 18.8. The fourth-order valence-corrected chi connectivity index (χ4v) is 5.66. The van der Waals surface area contributed by atoms with Crippen LogP contribution in [0.25, 0.3) is 10.8 Å². The van der Waals surface area contributed by atoms with Crippen LogP contribution < -0.4 is 5.32 Å². The summed E-state index contributed by atoms with van der Waals surface area (Å²) in [5.41, 5.74) is 2.78. The maximum absolute atomic E-state index is 12.8. The molecule has 1 saturated heterocycles. The smallest absolute Gasteiger partial charge is 0.256 e. The number of carbonyl (C=O) groups excluding carboxylic acids is 2. The summed E-state index contributed by atoms with van der Waals surface area (Å²) in [4.78, 5) is 27.0. The second kappa shape index (κ2) is 7.42. The van der Waals surface area contributed by atoms with Crippen molar-refractivity contribution >= 4 is 28.3 Å². The molecule has 2 fully saturated rings. The van der Waals surface area contributed by atoms with Gasteiger partial charge in [0.2, 0.25) is 5.91 Å². The Morgan fingerprint density at radius 1 is 1.21 bits per heavy atom. The first-order valence-electron chi connectivity index (χ1n) is 11.8. The average Bonchev–Trinajstić information content (AvgIpc) is 3.43. The molecule has 3 aliphatic rings. The highest BCUT2D eigenvalue weighted by Crippen LogP contribution is 2.43. The van der Waals surface area contributed by atoms with Gasteiger partial charge in [-0.3, -0.25) is 14.3 Å². The molecule has 170 valence electrons. The number of amides is 2. The van der Waals surface area contributed by atoms with E-state index >= 15 is 0 Å². The number of hydrogen-bond acceptors (Lipinski definition) is 4. The third kappa shape index (κ3) is 3.17. The van der Waals surface area contributed by atoms with Gasteiger partial charge in [0.25, 0.3) is 5.91 Å². The molecule has 0 spiro atoms. The van der Waals surface area contributed by atoms with E-state index in [9.17, 15) is 14.7 Å². The molecule has 6 rings (SSSR count). The summed E-state index contributed by atoms with van der Waals surface area (Å²) in [5, 5.41) is 20.4. The van der Waals surface area contributed by atoms with E-state index in [0.29, 0.717) is 11.5 Å². The maximum atomic E-state index is 12.8. The predicted octanol–water partition coefficient (Wildman–Crippen LogP) is 4.04. The Kier molecular flexibility index (Phi) is 4.59. The zero-order chi connectivity index (χ0) is 22.7. The molecule has 2 N–H and O–H groups in total. The summed E-state index contributed by atoms with van der Waals surface area (Å²) in [6, 6.07) is 9.56. The second-order valence-electron chi connectivity index (χ2n) is 9.98. The lowest BCUT2D eigenvalue weighted by Crippen LogP contribution is -2.49. The quantitative estimate of drug-likeness (QED) is 0.636. The van der Waals surface area contributed by atoms with Gasteiger partial charge >= 0.3 is 0 Å². The van der Waals surface area contributed by atoms with Crippen LogP contribution in [0, 0.1) is 5.41 Å². The lowest BCUT2D eigenvalue weighted by atomic mass is 9.69. The lowest BCUT2D eigenvalue weighted by molar-refractivity contribution is -0.147. The van der Waals surface area contributed by atoms with Gasteiger partial charge in [0.1, 0.15) is 6.10 Å². The number of nitrogens with zero attached hydrogens (tertiary/aromatic N) is 3. The van der Waals surface area contributed by atoms with Crippen molar-refractivity contribution in [2.75, 3.05) is 18.4 Å². The lowest BCUT2D eigenvalue weighted by Gasteiger charge is -2.43. The van der Waals surface area contributed by atoms with Crippen LogP contribution in [0.5, 0.6) is 0 Å². The minimum absolute atomic E-state index is 0.105. The van der Waals surface area contributed by atoms with Crippen molar-refractivity contribution in [2.45, 2.75) is 51.2 Å². The van der Waals surface area contributed by atoms with Gasteiger partial charge in [-0.1, -0.05) is 31.5 Å². The number of aliphatic hydroxyl groups is 1. The van der Waals surface area contributed by atoms with Crippen LogP contribution in [0.3, 0.4) is 0 Å². The maximum Gasteiger partial charge on any atom is 0.256 e. The van der Waals surface area contributed by atoms with E-state index in [0.717, 1.165) is 72.8 Å².